The maximum Gasteiger partial charge on any atom is 0.302 e. The molecule has 100 valence electrons. The van der Waals surface area contributed by atoms with Crippen molar-refractivity contribution in [3.8, 4) is 11.1 Å². The Morgan fingerprint density at radius 2 is 1.95 bits per heavy atom. The van der Waals surface area contributed by atoms with E-state index in [1.54, 1.807) is 0 Å². The summed E-state index contributed by atoms with van der Waals surface area (Å²) < 4.78 is 5.25. The Labute approximate surface area is 118 Å². The van der Waals surface area contributed by atoms with Crippen molar-refractivity contribution in [1.29, 1.82) is 0 Å². The predicted molar refractivity (Wildman–Crippen MR) is 80.4 cm³/mol. The lowest BCUT2D eigenvalue weighted by molar-refractivity contribution is -0.141. The molecule has 0 aliphatic heterocycles. The number of carbonyl (C=O) groups is 1. The van der Waals surface area contributed by atoms with Crippen molar-refractivity contribution in [2.24, 2.45) is 0 Å². The quantitative estimate of drug-likeness (QED) is 0.783. The molecule has 2 heteroatoms. The molecule has 0 amide bonds. The van der Waals surface area contributed by atoms with E-state index >= 15 is 0 Å². The second-order valence-electron chi connectivity index (χ2n) is 4.99. The van der Waals surface area contributed by atoms with Gasteiger partial charge in [0.25, 0.3) is 0 Å². The van der Waals surface area contributed by atoms with Gasteiger partial charge in [-0.3, -0.25) is 4.79 Å². The molecule has 1 aliphatic rings. The fourth-order valence-electron chi connectivity index (χ4n) is 2.84. The molecular weight excluding hydrogens is 248 g/mol. The lowest BCUT2D eigenvalue weighted by atomic mass is 9.96. The summed E-state index contributed by atoms with van der Waals surface area (Å²) in [6.45, 7) is 5.65. The summed E-state index contributed by atoms with van der Waals surface area (Å²) in [4.78, 5) is 11.1. The van der Waals surface area contributed by atoms with Gasteiger partial charge in [0.15, 0.2) is 0 Å². The molecule has 1 unspecified atom stereocenters. The Bertz CT molecular complexity index is 686. The van der Waals surface area contributed by atoms with Crippen LogP contribution < -0.4 is 0 Å². The van der Waals surface area contributed by atoms with E-state index in [9.17, 15) is 4.79 Å². The molecule has 1 aliphatic carbocycles. The highest BCUT2D eigenvalue weighted by Gasteiger charge is 2.29. The number of benzene rings is 2. The second-order valence-corrected chi connectivity index (χ2v) is 4.99. The number of hydrogen-bond donors (Lipinski definition) is 0. The lowest BCUT2D eigenvalue weighted by Crippen LogP contribution is -2.10. The number of esters is 1. The minimum absolute atomic E-state index is 0.116. The molecule has 0 saturated heterocycles. The van der Waals surface area contributed by atoms with Gasteiger partial charge in [0, 0.05) is 12.8 Å². The first-order chi connectivity index (χ1) is 9.70. The van der Waals surface area contributed by atoms with Crippen molar-refractivity contribution in [3.63, 3.8) is 0 Å². The van der Waals surface area contributed by atoms with Crippen LogP contribution in [-0.4, -0.2) is 12.6 Å². The smallest absolute Gasteiger partial charge is 0.302 e. The van der Waals surface area contributed by atoms with Crippen LogP contribution in [0.4, 0.5) is 0 Å². The minimum Gasteiger partial charge on any atom is -0.465 e. The van der Waals surface area contributed by atoms with Crippen LogP contribution >= 0.6 is 0 Å². The molecule has 0 saturated carbocycles. The number of carbonyl (C=O) groups excluding carboxylic acids is 1. The van der Waals surface area contributed by atoms with E-state index in [1.807, 2.05) is 18.2 Å². The molecule has 0 fully saturated rings. The number of hydrogen-bond acceptors (Lipinski definition) is 2. The average molecular weight is 264 g/mol. The van der Waals surface area contributed by atoms with Gasteiger partial charge in [-0.25, -0.2) is 0 Å². The van der Waals surface area contributed by atoms with Gasteiger partial charge >= 0.3 is 5.97 Å². The molecule has 20 heavy (non-hydrogen) atoms. The van der Waals surface area contributed by atoms with Crippen LogP contribution in [-0.2, 0) is 9.53 Å². The monoisotopic (exact) mass is 264 g/mol. The standard InChI is InChI=1S/C18H16O2/c1-3-13-8-9-16-14-6-4-5-7-15(14)18(17(16)10-13)11-20-12(2)19/h3-10,18H,1,11H2,2H3. The Hall–Kier alpha value is -2.35. The van der Waals surface area contributed by atoms with Crippen LogP contribution in [0.1, 0.15) is 29.5 Å². The molecule has 2 aromatic rings. The zero-order chi connectivity index (χ0) is 14.1. The zero-order valence-corrected chi connectivity index (χ0v) is 11.4. The molecule has 3 rings (SSSR count). The maximum atomic E-state index is 11.1. The summed E-state index contributed by atoms with van der Waals surface area (Å²) in [6, 6.07) is 14.6. The highest BCUT2D eigenvalue weighted by Crippen LogP contribution is 2.45. The van der Waals surface area contributed by atoms with Crippen LogP contribution in [0.5, 0.6) is 0 Å². The second kappa shape index (κ2) is 4.97. The number of ether oxygens (including phenoxy) is 1. The van der Waals surface area contributed by atoms with Gasteiger partial charge in [0.05, 0.1) is 0 Å². The Balaban J connectivity index is 2.10. The Kier molecular flexibility index (Phi) is 3.15. The van der Waals surface area contributed by atoms with Gasteiger partial charge in [-0.1, -0.05) is 55.1 Å². The molecule has 0 heterocycles. The summed E-state index contributed by atoms with van der Waals surface area (Å²) in [5.41, 5.74) is 5.98. The third-order valence-corrected chi connectivity index (χ3v) is 3.77. The third-order valence-electron chi connectivity index (χ3n) is 3.77. The Morgan fingerprint density at radius 3 is 2.70 bits per heavy atom. The molecule has 0 spiro atoms. The summed E-state index contributed by atoms with van der Waals surface area (Å²) in [6.07, 6.45) is 1.84. The van der Waals surface area contributed by atoms with Crippen LogP contribution in [0.25, 0.3) is 17.2 Å². The Morgan fingerprint density at radius 1 is 1.20 bits per heavy atom. The summed E-state index contributed by atoms with van der Waals surface area (Å²) >= 11 is 0. The first-order valence-electron chi connectivity index (χ1n) is 6.69. The third kappa shape index (κ3) is 2.03. The molecule has 0 N–H and O–H groups in total. The summed E-state index contributed by atoms with van der Waals surface area (Å²) in [5.74, 6) is -0.124. The van der Waals surface area contributed by atoms with Crippen molar-refractivity contribution in [2.75, 3.05) is 6.61 Å². The van der Waals surface area contributed by atoms with Gasteiger partial charge in [-0.05, 0) is 27.8 Å². The maximum absolute atomic E-state index is 11.1. The van der Waals surface area contributed by atoms with Crippen molar-refractivity contribution in [1.82, 2.24) is 0 Å². The highest BCUT2D eigenvalue weighted by atomic mass is 16.5. The summed E-state index contributed by atoms with van der Waals surface area (Å²) in [7, 11) is 0. The van der Waals surface area contributed by atoms with Gasteiger partial charge in [-0.15, -0.1) is 0 Å². The van der Waals surface area contributed by atoms with Crippen molar-refractivity contribution in [2.45, 2.75) is 12.8 Å². The van der Waals surface area contributed by atoms with Gasteiger partial charge in [0.2, 0.25) is 0 Å². The normalized spacial score (nSPS) is 15.3. The number of rotatable bonds is 3. The first kappa shape index (κ1) is 12.7. The topological polar surface area (TPSA) is 26.3 Å². The molecule has 0 aromatic heterocycles. The molecular formula is C18H16O2. The SMILES string of the molecule is C=Cc1ccc2c(c1)C(COC(C)=O)c1ccccc1-2. The summed E-state index contributed by atoms with van der Waals surface area (Å²) in [5, 5.41) is 0. The van der Waals surface area contributed by atoms with E-state index in [1.165, 1.54) is 29.2 Å². The number of fused-ring (bicyclic) bond motifs is 3. The van der Waals surface area contributed by atoms with Gasteiger partial charge < -0.3 is 4.74 Å². The molecule has 0 radical (unpaired) electrons. The highest BCUT2D eigenvalue weighted by molar-refractivity contribution is 5.80. The molecule has 2 aromatic carbocycles. The van der Waals surface area contributed by atoms with Crippen molar-refractivity contribution >= 4 is 12.0 Å². The zero-order valence-electron chi connectivity index (χ0n) is 11.4. The van der Waals surface area contributed by atoms with E-state index in [2.05, 4.69) is 36.9 Å². The fraction of sp³-hybridized carbons (Fsp3) is 0.167. The van der Waals surface area contributed by atoms with Crippen LogP contribution in [0.2, 0.25) is 0 Å². The van der Waals surface area contributed by atoms with E-state index in [0.717, 1.165) is 5.56 Å². The first-order valence-corrected chi connectivity index (χ1v) is 6.69. The van der Waals surface area contributed by atoms with Crippen molar-refractivity contribution in [3.05, 3.63) is 65.7 Å². The van der Waals surface area contributed by atoms with Gasteiger partial charge in [-0.2, -0.15) is 0 Å². The van der Waals surface area contributed by atoms with Crippen LogP contribution in [0.3, 0.4) is 0 Å². The largest absolute Gasteiger partial charge is 0.465 e. The molecule has 2 nitrogen and oxygen atoms in total. The molecule has 0 bridgehead atoms. The lowest BCUT2D eigenvalue weighted by Gasteiger charge is -2.13. The van der Waals surface area contributed by atoms with Gasteiger partial charge in [0.1, 0.15) is 6.61 Å². The van der Waals surface area contributed by atoms with E-state index in [4.69, 9.17) is 4.74 Å². The van der Waals surface area contributed by atoms with Crippen LogP contribution in [0.15, 0.2) is 49.0 Å². The van der Waals surface area contributed by atoms with E-state index in [0.29, 0.717) is 6.61 Å². The molecule has 1 atom stereocenters. The predicted octanol–water partition coefficient (Wildman–Crippen LogP) is 4.01. The minimum atomic E-state index is -0.240. The van der Waals surface area contributed by atoms with E-state index < -0.39 is 0 Å². The van der Waals surface area contributed by atoms with Crippen LogP contribution in [0, 0.1) is 0 Å². The van der Waals surface area contributed by atoms with E-state index in [-0.39, 0.29) is 11.9 Å². The van der Waals surface area contributed by atoms with Crippen molar-refractivity contribution < 1.29 is 9.53 Å². The fourth-order valence-corrected chi connectivity index (χ4v) is 2.84. The average Bonchev–Trinajstić information content (AvgIpc) is 2.78.